The van der Waals surface area contributed by atoms with Crippen molar-refractivity contribution in [2.75, 3.05) is 12.3 Å². The van der Waals surface area contributed by atoms with E-state index in [2.05, 4.69) is 40.3 Å². The summed E-state index contributed by atoms with van der Waals surface area (Å²) in [6, 6.07) is 5.84. The van der Waals surface area contributed by atoms with E-state index < -0.39 is 0 Å². The van der Waals surface area contributed by atoms with Gasteiger partial charge in [-0.1, -0.05) is 18.6 Å². The summed E-state index contributed by atoms with van der Waals surface area (Å²) in [6.07, 6.45) is 11.3. The van der Waals surface area contributed by atoms with E-state index in [1.54, 1.807) is 10.8 Å². The van der Waals surface area contributed by atoms with Gasteiger partial charge in [-0.15, -0.1) is 11.3 Å². The monoisotopic (exact) mass is 485 g/mol. The fourth-order valence-corrected chi connectivity index (χ4v) is 5.92. The first-order valence-corrected chi connectivity index (χ1v) is 12.8. The second-order valence-corrected chi connectivity index (χ2v) is 10.6. The first-order chi connectivity index (χ1) is 16.9. The lowest BCUT2D eigenvalue weighted by Crippen LogP contribution is -2.09. The molecule has 1 aliphatic heterocycles. The van der Waals surface area contributed by atoms with E-state index >= 15 is 0 Å². The highest BCUT2D eigenvalue weighted by Crippen LogP contribution is 2.32. The SMILES string of the molecule is Cc1cc(N)n2nc(C3=NCC(c4cc5c(s4)c(=O)ncn5C=C4CCC(C)CC4)=CC3)cc2n1. The molecule has 178 valence electrons. The van der Waals surface area contributed by atoms with E-state index in [-0.39, 0.29) is 5.56 Å². The Bertz CT molecular complexity index is 1610. The number of hydrogen-bond acceptors (Lipinski definition) is 7. The summed E-state index contributed by atoms with van der Waals surface area (Å²) in [5, 5.41) is 4.61. The van der Waals surface area contributed by atoms with E-state index in [4.69, 9.17) is 10.7 Å². The van der Waals surface area contributed by atoms with Gasteiger partial charge >= 0.3 is 0 Å². The van der Waals surface area contributed by atoms with Gasteiger partial charge < -0.3 is 10.3 Å². The number of anilines is 1. The van der Waals surface area contributed by atoms with Crippen LogP contribution in [0.15, 0.2) is 46.0 Å². The van der Waals surface area contributed by atoms with Crippen molar-refractivity contribution < 1.29 is 0 Å². The van der Waals surface area contributed by atoms with Crippen LogP contribution < -0.4 is 11.3 Å². The molecule has 2 N–H and O–H groups in total. The van der Waals surface area contributed by atoms with Crippen molar-refractivity contribution in [1.82, 2.24) is 24.1 Å². The van der Waals surface area contributed by atoms with Crippen molar-refractivity contribution in [2.24, 2.45) is 10.9 Å². The smallest absolute Gasteiger partial charge is 0.290 e. The number of fused-ring (bicyclic) bond motifs is 2. The lowest BCUT2D eigenvalue weighted by Gasteiger charge is -2.20. The van der Waals surface area contributed by atoms with Gasteiger partial charge in [0.2, 0.25) is 0 Å². The molecule has 6 rings (SSSR count). The van der Waals surface area contributed by atoms with Gasteiger partial charge in [-0.2, -0.15) is 14.6 Å². The number of allylic oxidation sites excluding steroid dienone is 2. The minimum absolute atomic E-state index is 0.172. The highest BCUT2D eigenvalue weighted by molar-refractivity contribution is 7.19. The van der Waals surface area contributed by atoms with Crippen molar-refractivity contribution in [1.29, 1.82) is 0 Å². The van der Waals surface area contributed by atoms with E-state index in [0.29, 0.717) is 23.5 Å². The number of nitrogens with zero attached hydrogens (tertiary/aromatic N) is 6. The van der Waals surface area contributed by atoms with Crippen LogP contribution in [0.2, 0.25) is 0 Å². The second kappa shape index (κ2) is 8.57. The molecule has 0 saturated heterocycles. The van der Waals surface area contributed by atoms with Crippen LogP contribution in [-0.4, -0.2) is 36.4 Å². The molecule has 8 nitrogen and oxygen atoms in total. The largest absolute Gasteiger partial charge is 0.384 e. The minimum Gasteiger partial charge on any atom is -0.384 e. The zero-order valence-corrected chi connectivity index (χ0v) is 20.7. The number of nitrogen functional groups attached to an aromatic ring is 1. The molecule has 5 heterocycles. The molecule has 0 bridgehead atoms. The number of nitrogens with two attached hydrogens (primary N) is 1. The Labute approximate surface area is 206 Å². The number of rotatable bonds is 3. The van der Waals surface area contributed by atoms with Gasteiger partial charge in [0.1, 0.15) is 22.5 Å². The molecule has 35 heavy (non-hydrogen) atoms. The van der Waals surface area contributed by atoms with Gasteiger partial charge in [0.25, 0.3) is 5.56 Å². The van der Waals surface area contributed by atoms with E-state index in [9.17, 15) is 4.79 Å². The van der Waals surface area contributed by atoms with Crippen molar-refractivity contribution in [3.8, 4) is 0 Å². The molecule has 4 aromatic heterocycles. The number of hydrogen-bond donors (Lipinski definition) is 1. The quantitative estimate of drug-likeness (QED) is 0.452. The van der Waals surface area contributed by atoms with Crippen molar-refractivity contribution >= 4 is 50.5 Å². The summed E-state index contributed by atoms with van der Waals surface area (Å²) in [6.45, 7) is 4.77. The van der Waals surface area contributed by atoms with Crippen molar-refractivity contribution in [2.45, 2.75) is 46.0 Å². The summed E-state index contributed by atoms with van der Waals surface area (Å²) in [5.74, 6) is 1.35. The molecule has 2 aliphatic rings. The Morgan fingerprint density at radius 1 is 1.20 bits per heavy atom. The molecule has 4 aromatic rings. The lowest BCUT2D eigenvalue weighted by atomic mass is 9.87. The van der Waals surface area contributed by atoms with Gasteiger partial charge in [0.05, 0.1) is 17.8 Å². The molecular weight excluding hydrogens is 458 g/mol. The minimum atomic E-state index is -0.172. The fraction of sp³-hybridized carbons (Fsp3) is 0.346. The predicted octanol–water partition coefficient (Wildman–Crippen LogP) is 4.72. The third kappa shape index (κ3) is 4.10. The zero-order valence-electron chi connectivity index (χ0n) is 19.9. The normalized spacial score (nSPS) is 18.7. The average molecular weight is 486 g/mol. The first-order valence-electron chi connectivity index (χ1n) is 12.0. The van der Waals surface area contributed by atoms with Crippen LogP contribution in [0.25, 0.3) is 27.6 Å². The Morgan fingerprint density at radius 2 is 2.03 bits per heavy atom. The maximum absolute atomic E-state index is 12.5. The molecule has 1 fully saturated rings. The Balaban J connectivity index is 1.28. The van der Waals surface area contributed by atoms with Crippen molar-refractivity contribution in [3.05, 3.63) is 62.8 Å². The number of aromatic nitrogens is 5. The highest BCUT2D eigenvalue weighted by atomic mass is 32.1. The van der Waals surface area contributed by atoms with Crippen molar-refractivity contribution in [3.63, 3.8) is 0 Å². The molecule has 0 unspecified atom stereocenters. The topological polar surface area (TPSA) is 103 Å². The van der Waals surface area contributed by atoms with Crippen LogP contribution in [0.5, 0.6) is 0 Å². The molecule has 0 aromatic carbocycles. The standard InChI is InChI=1S/C26H27N7OS/c1-15-3-5-17(6-4-15)13-32-14-29-26(34)25-21(32)11-22(35-25)18-7-8-19(28-12-18)20-10-24-30-16(2)9-23(27)33(24)31-20/h7,9-11,13-15H,3-6,8,12,27H2,1-2H3. The number of aliphatic imine (C=N–C) groups is 1. The molecule has 0 spiro atoms. The third-order valence-electron chi connectivity index (χ3n) is 6.90. The van der Waals surface area contributed by atoms with Gasteiger partial charge in [-0.3, -0.25) is 9.79 Å². The Hall–Kier alpha value is -3.59. The van der Waals surface area contributed by atoms with Crippen LogP contribution in [-0.2, 0) is 0 Å². The Morgan fingerprint density at radius 3 is 2.80 bits per heavy atom. The first kappa shape index (κ1) is 21.9. The van der Waals surface area contributed by atoms with Gasteiger partial charge in [0.15, 0.2) is 5.65 Å². The summed E-state index contributed by atoms with van der Waals surface area (Å²) < 4.78 is 4.37. The van der Waals surface area contributed by atoms with Crippen LogP contribution in [0.1, 0.15) is 55.3 Å². The van der Waals surface area contributed by atoms with Crippen LogP contribution in [0.3, 0.4) is 0 Å². The average Bonchev–Trinajstić information content (AvgIpc) is 3.48. The third-order valence-corrected chi connectivity index (χ3v) is 8.09. The predicted molar refractivity (Wildman–Crippen MR) is 142 cm³/mol. The number of dihydropyridines is 1. The fourth-order valence-electron chi connectivity index (χ4n) is 4.85. The summed E-state index contributed by atoms with van der Waals surface area (Å²) >= 11 is 1.50. The van der Waals surface area contributed by atoms with E-state index in [0.717, 1.165) is 57.5 Å². The highest BCUT2D eigenvalue weighted by Gasteiger charge is 2.18. The molecule has 9 heteroatoms. The van der Waals surface area contributed by atoms with Gasteiger partial charge in [-0.25, -0.2) is 4.98 Å². The molecule has 1 aliphatic carbocycles. The van der Waals surface area contributed by atoms with E-state index in [1.165, 1.54) is 29.8 Å². The lowest BCUT2D eigenvalue weighted by molar-refractivity contribution is 0.445. The molecule has 0 amide bonds. The molecule has 1 saturated carbocycles. The van der Waals surface area contributed by atoms with Crippen LogP contribution >= 0.6 is 11.3 Å². The maximum Gasteiger partial charge on any atom is 0.290 e. The summed E-state index contributed by atoms with van der Waals surface area (Å²) in [4.78, 5) is 27.1. The number of thiophene rings is 1. The second-order valence-electron chi connectivity index (χ2n) is 9.57. The summed E-state index contributed by atoms with van der Waals surface area (Å²) in [7, 11) is 0. The van der Waals surface area contributed by atoms with Crippen LogP contribution in [0, 0.1) is 12.8 Å². The Kier molecular flexibility index (Phi) is 5.36. The summed E-state index contributed by atoms with van der Waals surface area (Å²) in [5.41, 5.74) is 12.7. The maximum atomic E-state index is 12.5. The molecule has 0 atom stereocenters. The molecule has 0 radical (unpaired) electrons. The molecular formula is C26H27N7OS. The number of aryl methyl sites for hydroxylation is 1. The van der Waals surface area contributed by atoms with Gasteiger partial charge in [-0.05, 0) is 50.2 Å². The van der Waals surface area contributed by atoms with E-state index in [1.807, 2.05) is 23.6 Å². The van der Waals surface area contributed by atoms with Crippen LogP contribution in [0.4, 0.5) is 5.82 Å². The van der Waals surface area contributed by atoms with Gasteiger partial charge in [0, 0.05) is 35.3 Å². The zero-order chi connectivity index (χ0) is 24.1.